The molecule has 0 unspecified atom stereocenters. The number of benzene rings is 1. The van der Waals surface area contributed by atoms with Gasteiger partial charge in [-0.1, -0.05) is 11.6 Å². The normalized spacial score (nSPS) is 19.2. The second-order valence-electron chi connectivity index (χ2n) is 8.30. The largest absolute Gasteiger partial charge is 0.396 e. The molecule has 144 valence electrons. The molecule has 1 amide bonds. The SMILES string of the molecule is Cc1cc(C)c2nc(C3CC3)cc(C(=O)NCC3(CO)CCOCC3)c2c1. The topological polar surface area (TPSA) is 71.5 Å². The van der Waals surface area contributed by atoms with Gasteiger partial charge in [0.25, 0.3) is 5.91 Å². The summed E-state index contributed by atoms with van der Waals surface area (Å²) in [6.07, 6.45) is 3.84. The molecule has 4 rings (SSSR count). The summed E-state index contributed by atoms with van der Waals surface area (Å²) in [6.45, 7) is 5.92. The molecule has 2 heterocycles. The van der Waals surface area contributed by atoms with Gasteiger partial charge in [-0.25, -0.2) is 0 Å². The number of amides is 1. The molecule has 5 heteroatoms. The summed E-state index contributed by atoms with van der Waals surface area (Å²) in [6, 6.07) is 6.15. The van der Waals surface area contributed by atoms with E-state index in [9.17, 15) is 9.90 Å². The zero-order valence-corrected chi connectivity index (χ0v) is 16.2. The third-order valence-electron chi connectivity index (χ3n) is 6.02. The van der Waals surface area contributed by atoms with Crippen molar-refractivity contribution in [3.63, 3.8) is 0 Å². The standard InChI is InChI=1S/C22H28N2O3/c1-14-9-15(2)20-17(10-14)18(11-19(24-20)16-3-4-16)21(26)23-12-22(13-25)5-7-27-8-6-22/h9-11,16,25H,3-8,12-13H2,1-2H3,(H,23,26). The first-order chi connectivity index (χ1) is 13.0. The molecule has 1 saturated carbocycles. The van der Waals surface area contributed by atoms with Gasteiger partial charge in [0.1, 0.15) is 0 Å². The molecule has 5 nitrogen and oxygen atoms in total. The summed E-state index contributed by atoms with van der Waals surface area (Å²) >= 11 is 0. The maximum Gasteiger partial charge on any atom is 0.252 e. The minimum Gasteiger partial charge on any atom is -0.396 e. The van der Waals surface area contributed by atoms with Crippen molar-refractivity contribution in [1.82, 2.24) is 10.3 Å². The van der Waals surface area contributed by atoms with Crippen LogP contribution in [0.15, 0.2) is 18.2 Å². The number of rotatable bonds is 5. The highest BCUT2D eigenvalue weighted by Crippen LogP contribution is 2.40. The number of hydrogen-bond donors (Lipinski definition) is 2. The highest BCUT2D eigenvalue weighted by Gasteiger charge is 2.33. The summed E-state index contributed by atoms with van der Waals surface area (Å²) in [5.41, 5.74) is 4.63. The number of nitrogens with zero attached hydrogens (tertiary/aromatic N) is 1. The summed E-state index contributed by atoms with van der Waals surface area (Å²) < 4.78 is 5.42. The fourth-order valence-electron chi connectivity index (χ4n) is 4.04. The molecular formula is C22H28N2O3. The minimum atomic E-state index is -0.276. The number of pyridine rings is 1. The van der Waals surface area contributed by atoms with Crippen LogP contribution < -0.4 is 5.32 Å². The number of carbonyl (C=O) groups is 1. The number of ether oxygens (including phenoxy) is 1. The van der Waals surface area contributed by atoms with Crippen molar-refractivity contribution in [2.45, 2.75) is 45.4 Å². The minimum absolute atomic E-state index is 0.0687. The van der Waals surface area contributed by atoms with E-state index in [1.165, 1.54) is 0 Å². The van der Waals surface area contributed by atoms with Gasteiger partial charge in [-0.3, -0.25) is 9.78 Å². The van der Waals surface area contributed by atoms with Crippen LogP contribution in [0.25, 0.3) is 10.9 Å². The van der Waals surface area contributed by atoms with Gasteiger partial charge >= 0.3 is 0 Å². The number of nitrogens with one attached hydrogen (secondary N) is 1. The zero-order chi connectivity index (χ0) is 19.0. The molecule has 2 aliphatic rings. The van der Waals surface area contributed by atoms with Crippen LogP contribution in [-0.2, 0) is 4.74 Å². The van der Waals surface area contributed by atoms with Gasteiger partial charge < -0.3 is 15.2 Å². The van der Waals surface area contributed by atoms with E-state index in [4.69, 9.17) is 9.72 Å². The Labute approximate surface area is 160 Å². The number of fused-ring (bicyclic) bond motifs is 1. The van der Waals surface area contributed by atoms with Gasteiger partial charge in [0.05, 0.1) is 17.7 Å². The maximum absolute atomic E-state index is 13.1. The quantitative estimate of drug-likeness (QED) is 0.850. The first kappa shape index (κ1) is 18.4. The van der Waals surface area contributed by atoms with Crippen molar-refractivity contribution in [3.05, 3.63) is 40.6 Å². The third kappa shape index (κ3) is 3.71. The molecule has 1 aliphatic heterocycles. The van der Waals surface area contributed by atoms with Gasteiger partial charge in [0, 0.05) is 42.2 Å². The van der Waals surface area contributed by atoms with Gasteiger partial charge in [-0.15, -0.1) is 0 Å². The van der Waals surface area contributed by atoms with Gasteiger partial charge in [0.2, 0.25) is 0 Å². The van der Waals surface area contributed by atoms with Crippen LogP contribution >= 0.6 is 0 Å². The molecule has 0 spiro atoms. The van der Waals surface area contributed by atoms with E-state index in [-0.39, 0.29) is 17.9 Å². The molecule has 0 atom stereocenters. The van der Waals surface area contributed by atoms with E-state index in [1.807, 2.05) is 13.0 Å². The predicted molar refractivity (Wildman–Crippen MR) is 105 cm³/mol. The molecule has 1 aliphatic carbocycles. The van der Waals surface area contributed by atoms with Crippen LogP contribution in [0.4, 0.5) is 0 Å². The van der Waals surface area contributed by atoms with Crippen LogP contribution in [0.2, 0.25) is 0 Å². The van der Waals surface area contributed by atoms with E-state index < -0.39 is 0 Å². The predicted octanol–water partition coefficient (Wildman–Crippen LogP) is 3.25. The molecule has 0 radical (unpaired) electrons. The fourth-order valence-corrected chi connectivity index (χ4v) is 4.04. The molecule has 2 fully saturated rings. The van der Waals surface area contributed by atoms with Crippen molar-refractivity contribution >= 4 is 16.8 Å². The Balaban J connectivity index is 1.66. The van der Waals surface area contributed by atoms with Crippen LogP contribution in [0.5, 0.6) is 0 Å². The average molecular weight is 368 g/mol. The van der Waals surface area contributed by atoms with Crippen molar-refractivity contribution in [1.29, 1.82) is 0 Å². The van der Waals surface area contributed by atoms with Crippen molar-refractivity contribution in [2.75, 3.05) is 26.4 Å². The van der Waals surface area contributed by atoms with E-state index in [0.29, 0.717) is 31.2 Å². The highest BCUT2D eigenvalue weighted by molar-refractivity contribution is 6.07. The molecule has 2 N–H and O–H groups in total. The molecule has 0 bridgehead atoms. The zero-order valence-electron chi connectivity index (χ0n) is 16.2. The Bertz CT molecular complexity index is 867. The van der Waals surface area contributed by atoms with Gasteiger partial charge in [0.15, 0.2) is 0 Å². The van der Waals surface area contributed by atoms with E-state index in [2.05, 4.69) is 24.4 Å². The fraction of sp³-hybridized carbons (Fsp3) is 0.545. The van der Waals surface area contributed by atoms with E-state index in [0.717, 1.165) is 53.4 Å². The van der Waals surface area contributed by atoms with Crippen LogP contribution in [0.3, 0.4) is 0 Å². The molecule has 2 aromatic rings. The Morgan fingerprint density at radius 2 is 2.00 bits per heavy atom. The van der Waals surface area contributed by atoms with Crippen LogP contribution in [0.1, 0.15) is 58.8 Å². The second kappa shape index (κ2) is 7.21. The monoisotopic (exact) mass is 368 g/mol. The number of aliphatic hydroxyl groups excluding tert-OH is 1. The molecule has 27 heavy (non-hydrogen) atoms. The van der Waals surface area contributed by atoms with Gasteiger partial charge in [-0.05, 0) is 57.2 Å². The van der Waals surface area contributed by atoms with E-state index >= 15 is 0 Å². The van der Waals surface area contributed by atoms with Crippen molar-refractivity contribution in [3.8, 4) is 0 Å². The first-order valence-electron chi connectivity index (χ1n) is 9.90. The summed E-state index contributed by atoms with van der Waals surface area (Å²) in [5, 5.41) is 13.9. The van der Waals surface area contributed by atoms with Crippen LogP contribution in [-0.4, -0.2) is 42.4 Å². The lowest BCUT2D eigenvalue weighted by Crippen LogP contribution is -2.43. The number of hydrogen-bond acceptors (Lipinski definition) is 4. The van der Waals surface area contributed by atoms with E-state index in [1.54, 1.807) is 0 Å². The summed E-state index contributed by atoms with van der Waals surface area (Å²) in [4.78, 5) is 18.0. The molecule has 1 saturated heterocycles. The Hall–Kier alpha value is -1.98. The second-order valence-corrected chi connectivity index (χ2v) is 8.30. The number of aliphatic hydroxyl groups is 1. The molecular weight excluding hydrogens is 340 g/mol. The first-order valence-corrected chi connectivity index (χ1v) is 9.90. The third-order valence-corrected chi connectivity index (χ3v) is 6.02. The lowest BCUT2D eigenvalue weighted by molar-refractivity contribution is -0.0146. The van der Waals surface area contributed by atoms with Crippen LogP contribution in [0, 0.1) is 19.3 Å². The number of aromatic nitrogens is 1. The summed E-state index contributed by atoms with van der Waals surface area (Å²) in [5.74, 6) is 0.412. The molecule has 1 aromatic heterocycles. The average Bonchev–Trinajstić information content (AvgIpc) is 3.51. The Morgan fingerprint density at radius 3 is 2.67 bits per heavy atom. The van der Waals surface area contributed by atoms with Crippen molar-refractivity contribution < 1.29 is 14.6 Å². The maximum atomic E-state index is 13.1. The highest BCUT2D eigenvalue weighted by atomic mass is 16.5. The number of aryl methyl sites for hydroxylation is 2. The lowest BCUT2D eigenvalue weighted by Gasteiger charge is -2.35. The van der Waals surface area contributed by atoms with Crippen molar-refractivity contribution in [2.24, 2.45) is 5.41 Å². The smallest absolute Gasteiger partial charge is 0.252 e. The Morgan fingerprint density at radius 1 is 1.26 bits per heavy atom. The lowest BCUT2D eigenvalue weighted by atomic mass is 9.81. The number of carbonyl (C=O) groups excluding carboxylic acids is 1. The molecule has 1 aromatic carbocycles. The van der Waals surface area contributed by atoms with Gasteiger partial charge in [-0.2, -0.15) is 0 Å². The summed E-state index contributed by atoms with van der Waals surface area (Å²) in [7, 11) is 0. The Kier molecular flexibility index (Phi) is 4.91.